The first-order chi connectivity index (χ1) is 6.13. The maximum absolute atomic E-state index is 9.20. The molecule has 1 aromatic carbocycles. The highest BCUT2D eigenvalue weighted by atomic mass is 79.9. The lowest BCUT2D eigenvalue weighted by atomic mass is 10.1. The van der Waals surface area contributed by atoms with Crippen LogP contribution in [0.25, 0.3) is 0 Å². The van der Waals surface area contributed by atoms with Crippen LogP contribution in [0.5, 0.6) is 5.75 Å². The number of halogens is 1. The van der Waals surface area contributed by atoms with Gasteiger partial charge in [-0.3, -0.25) is 0 Å². The number of hydrogen-bond donors (Lipinski definition) is 1. The molecule has 0 spiro atoms. The van der Waals surface area contributed by atoms with Crippen LogP contribution in [0.3, 0.4) is 0 Å². The molecule has 72 valence electrons. The third kappa shape index (κ3) is 3.01. The Morgan fingerprint density at radius 1 is 1.54 bits per heavy atom. The molecule has 0 aliphatic heterocycles. The third-order valence-electron chi connectivity index (χ3n) is 1.78. The van der Waals surface area contributed by atoms with Crippen molar-refractivity contribution in [2.75, 3.05) is 7.11 Å². The Balaban J connectivity index is 2.85. The Morgan fingerprint density at radius 2 is 2.23 bits per heavy atom. The fourth-order valence-electron chi connectivity index (χ4n) is 1.14. The van der Waals surface area contributed by atoms with Gasteiger partial charge in [-0.2, -0.15) is 0 Å². The van der Waals surface area contributed by atoms with Gasteiger partial charge >= 0.3 is 0 Å². The van der Waals surface area contributed by atoms with E-state index in [-0.39, 0.29) is 6.10 Å². The number of ether oxygens (including phenoxy) is 1. The van der Waals surface area contributed by atoms with Gasteiger partial charge in [0.05, 0.1) is 13.2 Å². The van der Waals surface area contributed by atoms with Gasteiger partial charge in [0.25, 0.3) is 0 Å². The molecule has 13 heavy (non-hydrogen) atoms. The van der Waals surface area contributed by atoms with E-state index in [1.807, 2.05) is 18.2 Å². The van der Waals surface area contributed by atoms with Crippen LogP contribution in [0.1, 0.15) is 12.5 Å². The minimum atomic E-state index is -0.315. The second kappa shape index (κ2) is 4.63. The molecule has 3 heteroatoms. The van der Waals surface area contributed by atoms with Crippen molar-refractivity contribution in [2.24, 2.45) is 0 Å². The highest BCUT2D eigenvalue weighted by Gasteiger charge is 2.04. The average Bonchev–Trinajstić information content (AvgIpc) is 2.08. The third-order valence-corrected chi connectivity index (χ3v) is 2.51. The predicted molar refractivity (Wildman–Crippen MR) is 56.1 cm³/mol. The standard InChI is InChI=1S/C10H13BrO2/c1-7(12)5-8-3-4-9(13-2)6-10(8)11/h3-4,6-7,12H,5H2,1-2H3. The SMILES string of the molecule is COc1ccc(CC(C)O)c(Br)c1. The molecule has 0 fully saturated rings. The second-order valence-corrected chi connectivity index (χ2v) is 3.86. The fraction of sp³-hybridized carbons (Fsp3) is 0.400. The summed E-state index contributed by atoms with van der Waals surface area (Å²) in [6.07, 6.45) is 0.342. The van der Waals surface area contributed by atoms with E-state index in [9.17, 15) is 5.11 Å². The summed E-state index contributed by atoms with van der Waals surface area (Å²) in [6, 6.07) is 5.75. The molecule has 0 saturated heterocycles. The van der Waals surface area contributed by atoms with E-state index in [0.29, 0.717) is 6.42 Å². The molecule has 1 N–H and O–H groups in total. The molecule has 0 radical (unpaired) electrons. The molecule has 0 bridgehead atoms. The van der Waals surface area contributed by atoms with Crippen molar-refractivity contribution in [2.45, 2.75) is 19.4 Å². The van der Waals surface area contributed by atoms with Crippen LogP contribution in [0, 0.1) is 0 Å². The molecule has 0 saturated carbocycles. The Labute approximate surface area is 86.7 Å². The van der Waals surface area contributed by atoms with Crippen LogP contribution in [0.15, 0.2) is 22.7 Å². The van der Waals surface area contributed by atoms with E-state index in [1.54, 1.807) is 14.0 Å². The number of aliphatic hydroxyl groups excluding tert-OH is 1. The molecular formula is C10H13BrO2. The molecule has 0 aliphatic rings. The van der Waals surface area contributed by atoms with Crippen molar-refractivity contribution in [3.63, 3.8) is 0 Å². The zero-order chi connectivity index (χ0) is 9.84. The van der Waals surface area contributed by atoms with Gasteiger partial charge in [-0.1, -0.05) is 22.0 Å². The molecule has 2 nitrogen and oxygen atoms in total. The molecular weight excluding hydrogens is 232 g/mol. The first-order valence-corrected chi connectivity index (χ1v) is 4.93. The zero-order valence-electron chi connectivity index (χ0n) is 7.75. The van der Waals surface area contributed by atoms with E-state index in [4.69, 9.17) is 4.74 Å². The Hall–Kier alpha value is -0.540. The summed E-state index contributed by atoms with van der Waals surface area (Å²) in [5.41, 5.74) is 1.09. The minimum absolute atomic E-state index is 0.315. The van der Waals surface area contributed by atoms with Gasteiger partial charge in [0.1, 0.15) is 5.75 Å². The Morgan fingerprint density at radius 3 is 2.69 bits per heavy atom. The average molecular weight is 245 g/mol. The summed E-state index contributed by atoms with van der Waals surface area (Å²) in [4.78, 5) is 0. The molecule has 1 atom stereocenters. The number of methoxy groups -OCH3 is 1. The molecule has 1 aromatic rings. The van der Waals surface area contributed by atoms with E-state index in [1.165, 1.54) is 0 Å². The summed E-state index contributed by atoms with van der Waals surface area (Å²) >= 11 is 3.43. The lowest BCUT2D eigenvalue weighted by molar-refractivity contribution is 0.195. The summed E-state index contributed by atoms with van der Waals surface area (Å²) < 4.78 is 6.04. The van der Waals surface area contributed by atoms with Crippen molar-refractivity contribution < 1.29 is 9.84 Å². The lowest BCUT2D eigenvalue weighted by Crippen LogP contribution is -2.04. The van der Waals surface area contributed by atoms with Gasteiger partial charge in [0.15, 0.2) is 0 Å². The summed E-state index contributed by atoms with van der Waals surface area (Å²) in [5.74, 6) is 0.821. The van der Waals surface area contributed by atoms with Crippen LogP contribution >= 0.6 is 15.9 Å². The molecule has 0 heterocycles. The molecule has 0 amide bonds. The van der Waals surface area contributed by atoms with Crippen molar-refractivity contribution in [3.05, 3.63) is 28.2 Å². The largest absolute Gasteiger partial charge is 0.497 e. The number of aliphatic hydroxyl groups is 1. The number of hydrogen-bond acceptors (Lipinski definition) is 2. The van der Waals surface area contributed by atoms with Gasteiger partial charge in [-0.05, 0) is 31.0 Å². The van der Waals surface area contributed by atoms with Gasteiger partial charge in [0.2, 0.25) is 0 Å². The van der Waals surface area contributed by atoms with Crippen molar-refractivity contribution in [3.8, 4) is 5.75 Å². The fourth-order valence-corrected chi connectivity index (χ4v) is 1.66. The summed E-state index contributed by atoms with van der Waals surface area (Å²) in [5, 5.41) is 9.20. The first-order valence-electron chi connectivity index (χ1n) is 4.14. The predicted octanol–water partition coefficient (Wildman–Crippen LogP) is 2.38. The van der Waals surface area contributed by atoms with Crippen LogP contribution in [-0.2, 0) is 6.42 Å². The van der Waals surface area contributed by atoms with Crippen LogP contribution in [0.4, 0.5) is 0 Å². The number of benzene rings is 1. The Bertz CT molecular complexity index is 284. The van der Waals surface area contributed by atoms with Crippen LogP contribution < -0.4 is 4.74 Å². The van der Waals surface area contributed by atoms with E-state index in [2.05, 4.69) is 15.9 Å². The maximum atomic E-state index is 9.20. The highest BCUT2D eigenvalue weighted by molar-refractivity contribution is 9.10. The van der Waals surface area contributed by atoms with Crippen LogP contribution in [0.2, 0.25) is 0 Å². The lowest BCUT2D eigenvalue weighted by Gasteiger charge is -2.08. The molecule has 0 aromatic heterocycles. The van der Waals surface area contributed by atoms with Crippen molar-refractivity contribution in [1.82, 2.24) is 0 Å². The van der Waals surface area contributed by atoms with Gasteiger partial charge < -0.3 is 9.84 Å². The maximum Gasteiger partial charge on any atom is 0.120 e. The second-order valence-electron chi connectivity index (χ2n) is 3.01. The van der Waals surface area contributed by atoms with E-state index in [0.717, 1.165) is 15.8 Å². The summed E-state index contributed by atoms with van der Waals surface area (Å²) in [7, 11) is 1.64. The smallest absolute Gasteiger partial charge is 0.120 e. The topological polar surface area (TPSA) is 29.5 Å². The van der Waals surface area contributed by atoms with E-state index >= 15 is 0 Å². The first kappa shape index (κ1) is 10.5. The van der Waals surface area contributed by atoms with Crippen molar-refractivity contribution in [1.29, 1.82) is 0 Å². The zero-order valence-corrected chi connectivity index (χ0v) is 9.34. The summed E-state index contributed by atoms with van der Waals surface area (Å²) in [6.45, 7) is 1.77. The molecule has 1 rings (SSSR count). The molecule has 1 unspecified atom stereocenters. The monoisotopic (exact) mass is 244 g/mol. The normalized spacial score (nSPS) is 12.6. The van der Waals surface area contributed by atoms with E-state index < -0.39 is 0 Å². The Kier molecular flexibility index (Phi) is 3.75. The molecule has 0 aliphatic carbocycles. The van der Waals surface area contributed by atoms with Crippen LogP contribution in [-0.4, -0.2) is 18.3 Å². The highest BCUT2D eigenvalue weighted by Crippen LogP contribution is 2.23. The van der Waals surface area contributed by atoms with Gasteiger partial charge in [0, 0.05) is 4.47 Å². The number of rotatable bonds is 3. The minimum Gasteiger partial charge on any atom is -0.497 e. The van der Waals surface area contributed by atoms with Crippen molar-refractivity contribution >= 4 is 15.9 Å². The van der Waals surface area contributed by atoms with Gasteiger partial charge in [-0.25, -0.2) is 0 Å². The quantitative estimate of drug-likeness (QED) is 0.885. The van der Waals surface area contributed by atoms with Gasteiger partial charge in [-0.15, -0.1) is 0 Å².